The van der Waals surface area contributed by atoms with E-state index in [-0.39, 0.29) is 12.2 Å². The largest absolute Gasteiger partial charge is 0.455 e. The number of fused-ring (bicyclic) bond motifs is 1. The van der Waals surface area contributed by atoms with Crippen LogP contribution in [-0.2, 0) is 17.8 Å². The van der Waals surface area contributed by atoms with Gasteiger partial charge in [0.05, 0.1) is 16.1 Å². The summed E-state index contributed by atoms with van der Waals surface area (Å²) in [7, 11) is 0. The molecule has 0 atom stereocenters. The van der Waals surface area contributed by atoms with E-state index in [4.69, 9.17) is 4.74 Å². The number of nitrogens with one attached hydrogen (secondary N) is 1. The average Bonchev–Trinajstić information content (AvgIpc) is 3.09. The lowest BCUT2D eigenvalue weighted by molar-refractivity contribution is 0.0473. The topological polar surface area (TPSA) is 84.9 Å². The van der Waals surface area contributed by atoms with Gasteiger partial charge in [-0.2, -0.15) is 0 Å². The van der Waals surface area contributed by atoms with Gasteiger partial charge in [0, 0.05) is 5.38 Å². The third-order valence-corrected chi connectivity index (χ3v) is 5.56. The van der Waals surface area contributed by atoms with Gasteiger partial charge in [-0.1, -0.05) is 6.92 Å². The van der Waals surface area contributed by atoms with E-state index in [9.17, 15) is 9.59 Å². The Morgan fingerprint density at radius 2 is 2.13 bits per heavy atom. The van der Waals surface area contributed by atoms with Crippen LogP contribution in [0.1, 0.15) is 38.7 Å². The second-order valence-electron chi connectivity index (χ2n) is 5.05. The first-order chi connectivity index (χ1) is 11.0. The number of carbonyl (C=O) groups is 1. The van der Waals surface area contributed by atoms with Crippen molar-refractivity contribution in [3.05, 3.63) is 42.7 Å². The van der Waals surface area contributed by atoms with Crippen molar-refractivity contribution in [3.63, 3.8) is 0 Å². The molecule has 8 heteroatoms. The molecule has 0 aromatic carbocycles. The minimum Gasteiger partial charge on any atom is -0.455 e. The van der Waals surface area contributed by atoms with Crippen molar-refractivity contribution in [3.8, 4) is 0 Å². The Hall–Kier alpha value is -2.06. The van der Waals surface area contributed by atoms with Crippen LogP contribution in [0.15, 0.2) is 10.2 Å². The molecule has 3 aromatic rings. The number of ether oxygens (including phenoxy) is 1. The van der Waals surface area contributed by atoms with Crippen LogP contribution in [-0.4, -0.2) is 20.9 Å². The summed E-state index contributed by atoms with van der Waals surface area (Å²) in [5.74, 6) is 0.0758. The van der Waals surface area contributed by atoms with Gasteiger partial charge in [-0.25, -0.2) is 14.8 Å². The standard InChI is InChI=1S/C15H15N3O3S2/c1-4-10-18-9(6-22-10)5-21-15(20)12-7(2)11-13(19)16-8(3)17-14(11)23-12/h6H,4-5H2,1-3H3,(H,16,17,19). The van der Waals surface area contributed by atoms with Crippen molar-refractivity contribution < 1.29 is 9.53 Å². The van der Waals surface area contributed by atoms with E-state index >= 15 is 0 Å². The first kappa shape index (κ1) is 15.8. The average molecular weight is 349 g/mol. The maximum atomic E-state index is 12.3. The third-order valence-electron chi connectivity index (χ3n) is 3.36. The molecule has 0 aliphatic heterocycles. The summed E-state index contributed by atoms with van der Waals surface area (Å²) in [6, 6.07) is 0. The fourth-order valence-electron chi connectivity index (χ4n) is 2.23. The van der Waals surface area contributed by atoms with Gasteiger partial charge in [0.25, 0.3) is 5.56 Å². The van der Waals surface area contributed by atoms with Crippen LogP contribution in [0.2, 0.25) is 0 Å². The van der Waals surface area contributed by atoms with Crippen molar-refractivity contribution in [1.29, 1.82) is 0 Å². The van der Waals surface area contributed by atoms with Gasteiger partial charge < -0.3 is 9.72 Å². The summed E-state index contributed by atoms with van der Waals surface area (Å²) in [5.41, 5.74) is 1.12. The van der Waals surface area contributed by atoms with Gasteiger partial charge in [-0.15, -0.1) is 22.7 Å². The lowest BCUT2D eigenvalue weighted by atomic mass is 10.2. The molecular formula is C15H15N3O3S2. The van der Waals surface area contributed by atoms with E-state index in [0.29, 0.717) is 26.5 Å². The Bertz CT molecular complexity index is 939. The van der Waals surface area contributed by atoms with E-state index in [0.717, 1.165) is 17.1 Å². The van der Waals surface area contributed by atoms with E-state index in [1.165, 1.54) is 11.3 Å². The fraction of sp³-hybridized carbons (Fsp3) is 0.333. The lowest BCUT2D eigenvalue weighted by Gasteiger charge is -2.01. The van der Waals surface area contributed by atoms with Crippen LogP contribution >= 0.6 is 22.7 Å². The van der Waals surface area contributed by atoms with Gasteiger partial charge >= 0.3 is 5.97 Å². The number of nitrogens with zero attached hydrogens (tertiary/aromatic N) is 2. The number of aromatic nitrogens is 3. The van der Waals surface area contributed by atoms with E-state index in [1.54, 1.807) is 25.2 Å². The van der Waals surface area contributed by atoms with Gasteiger partial charge in [0.2, 0.25) is 0 Å². The Morgan fingerprint density at radius 1 is 1.35 bits per heavy atom. The van der Waals surface area contributed by atoms with E-state index in [2.05, 4.69) is 15.0 Å². The summed E-state index contributed by atoms with van der Waals surface area (Å²) in [4.78, 5) is 36.6. The van der Waals surface area contributed by atoms with Crippen molar-refractivity contribution in [2.24, 2.45) is 0 Å². The highest BCUT2D eigenvalue weighted by atomic mass is 32.1. The van der Waals surface area contributed by atoms with Gasteiger partial charge in [0.15, 0.2) is 0 Å². The number of thiazole rings is 1. The SMILES string of the molecule is CCc1nc(COC(=O)c2sc3nc(C)[nH]c(=O)c3c2C)cs1. The van der Waals surface area contributed by atoms with Crippen LogP contribution in [0.4, 0.5) is 0 Å². The van der Waals surface area contributed by atoms with Gasteiger partial charge in [-0.3, -0.25) is 4.79 Å². The summed E-state index contributed by atoms with van der Waals surface area (Å²) in [6.07, 6.45) is 0.863. The molecule has 0 aliphatic carbocycles. The number of thiophene rings is 1. The smallest absolute Gasteiger partial charge is 0.349 e. The zero-order valence-electron chi connectivity index (χ0n) is 12.9. The van der Waals surface area contributed by atoms with Crippen LogP contribution in [0.5, 0.6) is 0 Å². The predicted octanol–water partition coefficient (Wildman–Crippen LogP) is 2.98. The highest BCUT2D eigenvalue weighted by Gasteiger charge is 2.20. The molecule has 0 saturated carbocycles. The molecule has 0 radical (unpaired) electrons. The van der Waals surface area contributed by atoms with Crippen LogP contribution in [0.3, 0.4) is 0 Å². The molecular weight excluding hydrogens is 334 g/mol. The molecule has 0 fully saturated rings. The molecule has 0 saturated heterocycles. The van der Waals surface area contributed by atoms with E-state index < -0.39 is 5.97 Å². The van der Waals surface area contributed by atoms with Crippen molar-refractivity contribution in [2.45, 2.75) is 33.8 Å². The van der Waals surface area contributed by atoms with Crippen molar-refractivity contribution in [2.75, 3.05) is 0 Å². The Balaban J connectivity index is 1.85. The maximum Gasteiger partial charge on any atom is 0.349 e. The molecule has 3 heterocycles. The summed E-state index contributed by atoms with van der Waals surface area (Å²) in [6.45, 7) is 5.61. The zero-order chi connectivity index (χ0) is 16.6. The molecule has 1 N–H and O–H groups in total. The Kier molecular flexibility index (Phi) is 4.27. The molecule has 120 valence electrons. The van der Waals surface area contributed by atoms with Gasteiger partial charge in [0.1, 0.15) is 22.1 Å². The minimum atomic E-state index is -0.450. The Labute approximate surface area is 140 Å². The number of carbonyl (C=O) groups excluding carboxylic acids is 1. The lowest BCUT2D eigenvalue weighted by Crippen LogP contribution is -2.10. The molecule has 0 spiro atoms. The quantitative estimate of drug-likeness (QED) is 0.732. The third kappa shape index (κ3) is 3.04. The second kappa shape index (κ2) is 6.21. The van der Waals surface area contributed by atoms with Crippen LogP contribution < -0.4 is 5.56 Å². The van der Waals surface area contributed by atoms with E-state index in [1.807, 2.05) is 12.3 Å². The number of H-pyrrole nitrogens is 1. The highest BCUT2D eigenvalue weighted by Crippen LogP contribution is 2.27. The molecule has 23 heavy (non-hydrogen) atoms. The molecule has 0 amide bonds. The number of aryl methyl sites for hydroxylation is 3. The normalized spacial score (nSPS) is 11.1. The zero-order valence-corrected chi connectivity index (χ0v) is 14.6. The predicted molar refractivity (Wildman–Crippen MR) is 90.3 cm³/mol. The summed E-state index contributed by atoms with van der Waals surface area (Å²) >= 11 is 2.73. The van der Waals surface area contributed by atoms with Crippen molar-refractivity contribution in [1.82, 2.24) is 15.0 Å². The Morgan fingerprint density at radius 3 is 2.83 bits per heavy atom. The number of hydrogen-bond acceptors (Lipinski definition) is 7. The molecule has 0 bridgehead atoms. The number of esters is 1. The molecule has 6 nitrogen and oxygen atoms in total. The molecule has 3 rings (SSSR count). The van der Waals surface area contributed by atoms with Gasteiger partial charge in [-0.05, 0) is 25.8 Å². The first-order valence-electron chi connectivity index (χ1n) is 7.10. The van der Waals surface area contributed by atoms with Crippen LogP contribution in [0.25, 0.3) is 10.2 Å². The van der Waals surface area contributed by atoms with Crippen LogP contribution in [0, 0.1) is 13.8 Å². The number of hydrogen-bond donors (Lipinski definition) is 1. The first-order valence-corrected chi connectivity index (χ1v) is 8.79. The highest BCUT2D eigenvalue weighted by molar-refractivity contribution is 7.20. The molecule has 3 aromatic heterocycles. The fourth-order valence-corrected chi connectivity index (χ4v) is 4.08. The van der Waals surface area contributed by atoms with Crippen molar-refractivity contribution >= 4 is 38.9 Å². The molecule has 0 aliphatic rings. The number of rotatable bonds is 4. The summed E-state index contributed by atoms with van der Waals surface area (Å²) in [5, 5.41) is 3.36. The summed E-state index contributed by atoms with van der Waals surface area (Å²) < 4.78 is 5.33. The minimum absolute atomic E-state index is 0.131. The number of aromatic amines is 1. The maximum absolute atomic E-state index is 12.3. The molecule has 0 unspecified atom stereocenters. The monoisotopic (exact) mass is 349 g/mol. The second-order valence-corrected chi connectivity index (χ2v) is 6.99.